The Hall–Kier alpha value is -0.850. The Bertz CT molecular complexity index is 348. The normalized spacial score (nSPS) is 40.8. The molecule has 2 aliphatic carbocycles. The molecule has 68 valence electrons. The van der Waals surface area contributed by atoms with Crippen LogP contribution in [0.25, 0.3) is 0 Å². The Morgan fingerprint density at radius 1 is 1.38 bits per heavy atom. The second-order valence-corrected chi connectivity index (χ2v) is 4.62. The monoisotopic (exact) mass is 173 g/mol. The van der Waals surface area contributed by atoms with Crippen molar-refractivity contribution in [2.45, 2.75) is 32.1 Å². The predicted octanol–water partition coefficient (Wildman–Crippen LogP) is 2.55. The Morgan fingerprint density at radius 2 is 2.15 bits per heavy atom. The zero-order valence-corrected chi connectivity index (χ0v) is 8.25. The zero-order chi connectivity index (χ0) is 9.05. The molecule has 2 aliphatic rings. The third-order valence-corrected chi connectivity index (χ3v) is 4.43. The summed E-state index contributed by atoms with van der Waals surface area (Å²) < 4.78 is 0. The van der Waals surface area contributed by atoms with Gasteiger partial charge in [0.15, 0.2) is 0 Å². The van der Waals surface area contributed by atoms with Gasteiger partial charge in [0.2, 0.25) is 0 Å². The maximum atomic E-state index is 4.46. The van der Waals surface area contributed by atoms with Crippen molar-refractivity contribution in [2.24, 2.45) is 11.8 Å². The minimum atomic E-state index is 0.531. The fourth-order valence-corrected chi connectivity index (χ4v) is 3.33. The molecule has 0 aromatic carbocycles. The maximum absolute atomic E-state index is 4.46. The third kappa shape index (κ3) is 0.714. The number of aromatic nitrogens is 1. The highest BCUT2D eigenvalue weighted by Gasteiger charge is 2.62. The third-order valence-electron chi connectivity index (χ3n) is 4.43. The van der Waals surface area contributed by atoms with Crippen LogP contribution in [0, 0.1) is 11.8 Å². The lowest BCUT2D eigenvalue weighted by Gasteiger charge is -2.09. The summed E-state index contributed by atoms with van der Waals surface area (Å²) in [5.74, 6) is 1.75. The highest BCUT2D eigenvalue weighted by Crippen LogP contribution is 2.65. The minimum Gasteiger partial charge on any atom is -0.261 e. The molecule has 1 aromatic rings. The van der Waals surface area contributed by atoms with E-state index in [1.807, 2.05) is 6.20 Å². The highest BCUT2D eigenvalue weighted by atomic mass is 14.8. The van der Waals surface area contributed by atoms with Crippen LogP contribution in [0.5, 0.6) is 0 Å². The van der Waals surface area contributed by atoms with Crippen LogP contribution in [0.3, 0.4) is 0 Å². The van der Waals surface area contributed by atoms with E-state index in [0.29, 0.717) is 5.41 Å². The summed E-state index contributed by atoms with van der Waals surface area (Å²) in [5.41, 5.74) is 3.44. The summed E-state index contributed by atoms with van der Waals surface area (Å²) in [6, 6.07) is 4.37. The zero-order valence-electron chi connectivity index (χ0n) is 8.25. The molecule has 1 heterocycles. The summed E-state index contributed by atoms with van der Waals surface area (Å²) in [6.07, 6.45) is 4.46. The molecule has 0 N–H and O–H groups in total. The number of fused-ring (bicyclic) bond motifs is 2. The smallest absolute Gasteiger partial charge is 0.0441 e. The van der Waals surface area contributed by atoms with Crippen molar-refractivity contribution >= 4 is 0 Å². The fourth-order valence-electron chi connectivity index (χ4n) is 3.33. The first-order valence-corrected chi connectivity index (χ1v) is 5.21. The van der Waals surface area contributed by atoms with Crippen LogP contribution in [0.4, 0.5) is 0 Å². The highest BCUT2D eigenvalue weighted by molar-refractivity contribution is 5.42. The Kier molecular flexibility index (Phi) is 1.24. The van der Waals surface area contributed by atoms with Gasteiger partial charge < -0.3 is 0 Å². The van der Waals surface area contributed by atoms with E-state index in [1.54, 1.807) is 5.56 Å². The van der Waals surface area contributed by atoms with Crippen LogP contribution in [0.1, 0.15) is 31.5 Å². The molecular weight excluding hydrogens is 158 g/mol. The largest absolute Gasteiger partial charge is 0.261 e. The van der Waals surface area contributed by atoms with Gasteiger partial charge in [-0.1, -0.05) is 19.9 Å². The Balaban J connectivity index is 2.14. The number of aryl methyl sites for hydroxylation is 1. The molecule has 2 atom stereocenters. The van der Waals surface area contributed by atoms with Gasteiger partial charge in [-0.3, -0.25) is 4.98 Å². The SMILES string of the molecule is CC1C(C)C12CCc1ncccc12. The number of pyridine rings is 1. The lowest BCUT2D eigenvalue weighted by Crippen LogP contribution is -2.05. The van der Waals surface area contributed by atoms with Crippen molar-refractivity contribution in [3.05, 3.63) is 29.6 Å². The van der Waals surface area contributed by atoms with E-state index in [-0.39, 0.29) is 0 Å². The Labute approximate surface area is 79.2 Å². The Morgan fingerprint density at radius 3 is 2.85 bits per heavy atom. The standard InChI is InChI=1S/C12H15N/c1-8-9(2)12(8)6-5-11-10(12)4-3-7-13-11/h3-4,7-9H,5-6H2,1-2H3. The number of hydrogen-bond donors (Lipinski definition) is 0. The van der Waals surface area contributed by atoms with Crippen LogP contribution < -0.4 is 0 Å². The number of nitrogens with zero attached hydrogens (tertiary/aromatic N) is 1. The van der Waals surface area contributed by atoms with Crippen molar-refractivity contribution in [1.82, 2.24) is 4.98 Å². The van der Waals surface area contributed by atoms with Crippen molar-refractivity contribution in [3.8, 4) is 0 Å². The van der Waals surface area contributed by atoms with Gasteiger partial charge in [-0.15, -0.1) is 0 Å². The van der Waals surface area contributed by atoms with Crippen molar-refractivity contribution < 1.29 is 0 Å². The van der Waals surface area contributed by atoms with Crippen LogP contribution in [-0.4, -0.2) is 4.98 Å². The molecule has 1 nitrogen and oxygen atoms in total. The molecule has 2 unspecified atom stereocenters. The molecule has 3 rings (SSSR count). The number of rotatable bonds is 0. The van der Waals surface area contributed by atoms with Crippen LogP contribution in [0.2, 0.25) is 0 Å². The van der Waals surface area contributed by atoms with E-state index in [1.165, 1.54) is 18.5 Å². The maximum Gasteiger partial charge on any atom is 0.0441 e. The first kappa shape index (κ1) is 7.54. The average molecular weight is 173 g/mol. The van der Waals surface area contributed by atoms with E-state index >= 15 is 0 Å². The van der Waals surface area contributed by atoms with E-state index in [2.05, 4.69) is 31.0 Å². The molecule has 13 heavy (non-hydrogen) atoms. The first-order valence-electron chi connectivity index (χ1n) is 5.21. The summed E-state index contributed by atoms with van der Waals surface area (Å²) in [5, 5.41) is 0. The van der Waals surface area contributed by atoms with Crippen LogP contribution in [0.15, 0.2) is 18.3 Å². The molecule has 0 bridgehead atoms. The lowest BCUT2D eigenvalue weighted by molar-refractivity contribution is 0.600. The molecule has 0 radical (unpaired) electrons. The molecule has 1 saturated carbocycles. The van der Waals surface area contributed by atoms with Crippen molar-refractivity contribution in [3.63, 3.8) is 0 Å². The fraction of sp³-hybridized carbons (Fsp3) is 0.583. The molecule has 1 fully saturated rings. The van der Waals surface area contributed by atoms with Crippen molar-refractivity contribution in [2.75, 3.05) is 0 Å². The minimum absolute atomic E-state index is 0.531. The molecule has 0 saturated heterocycles. The summed E-state index contributed by atoms with van der Waals surface area (Å²) in [4.78, 5) is 4.46. The van der Waals surface area contributed by atoms with Gasteiger partial charge in [-0.25, -0.2) is 0 Å². The van der Waals surface area contributed by atoms with Crippen molar-refractivity contribution in [1.29, 1.82) is 0 Å². The average Bonchev–Trinajstić information content (AvgIpc) is 2.59. The number of hydrogen-bond acceptors (Lipinski definition) is 1. The molecule has 1 heteroatoms. The molecule has 0 amide bonds. The van der Waals surface area contributed by atoms with Gasteiger partial charge in [0, 0.05) is 17.3 Å². The summed E-state index contributed by atoms with van der Waals surface area (Å²) in [7, 11) is 0. The summed E-state index contributed by atoms with van der Waals surface area (Å²) in [6.45, 7) is 4.76. The van der Waals surface area contributed by atoms with Gasteiger partial charge in [0.1, 0.15) is 0 Å². The van der Waals surface area contributed by atoms with Gasteiger partial charge in [0.25, 0.3) is 0 Å². The molecule has 1 aromatic heterocycles. The summed E-state index contributed by atoms with van der Waals surface area (Å²) >= 11 is 0. The molecule has 0 aliphatic heterocycles. The van der Waals surface area contributed by atoms with Gasteiger partial charge in [-0.05, 0) is 36.3 Å². The second-order valence-electron chi connectivity index (χ2n) is 4.62. The van der Waals surface area contributed by atoms with E-state index in [4.69, 9.17) is 0 Å². The van der Waals surface area contributed by atoms with Gasteiger partial charge in [-0.2, -0.15) is 0 Å². The predicted molar refractivity (Wildman–Crippen MR) is 52.6 cm³/mol. The van der Waals surface area contributed by atoms with E-state index < -0.39 is 0 Å². The quantitative estimate of drug-likeness (QED) is 0.587. The van der Waals surface area contributed by atoms with Gasteiger partial charge >= 0.3 is 0 Å². The van der Waals surface area contributed by atoms with E-state index in [0.717, 1.165) is 11.8 Å². The molecule has 1 spiro atoms. The molecular formula is C12H15N. The van der Waals surface area contributed by atoms with E-state index in [9.17, 15) is 0 Å². The topological polar surface area (TPSA) is 12.9 Å². The van der Waals surface area contributed by atoms with Crippen LogP contribution >= 0.6 is 0 Å². The first-order chi connectivity index (χ1) is 6.27. The van der Waals surface area contributed by atoms with Crippen LogP contribution in [-0.2, 0) is 11.8 Å². The second kappa shape index (κ2) is 2.14. The van der Waals surface area contributed by atoms with Gasteiger partial charge in [0.05, 0.1) is 0 Å². The lowest BCUT2D eigenvalue weighted by atomic mass is 9.95.